The molecule has 1 amide bonds. The molecule has 3 aliphatic rings. The van der Waals surface area contributed by atoms with Crippen molar-refractivity contribution in [3.8, 4) is 0 Å². The van der Waals surface area contributed by atoms with E-state index in [0.29, 0.717) is 19.5 Å². The Hall–Kier alpha value is -3.58. The molecule has 1 heterocycles. The number of esters is 1. The molecule has 7 nitrogen and oxygen atoms in total. The smallest absolute Gasteiger partial charge is 0.331 e. The van der Waals surface area contributed by atoms with Gasteiger partial charge in [0.15, 0.2) is 0 Å². The van der Waals surface area contributed by atoms with E-state index in [4.69, 9.17) is 10.5 Å². The number of nitrogens with two attached hydrogens (primary N) is 1. The number of ether oxygens (including phenoxy) is 1. The summed E-state index contributed by atoms with van der Waals surface area (Å²) in [5, 5.41) is 5.67. The summed E-state index contributed by atoms with van der Waals surface area (Å²) >= 11 is 0. The topological polar surface area (TPSA) is 96.7 Å². The molecule has 1 aliphatic heterocycles. The molecule has 0 aromatic heterocycles. The zero-order valence-electron chi connectivity index (χ0n) is 20.6. The van der Waals surface area contributed by atoms with Gasteiger partial charge in [0, 0.05) is 30.4 Å². The van der Waals surface area contributed by atoms with Crippen molar-refractivity contribution >= 4 is 23.6 Å². The van der Waals surface area contributed by atoms with Crippen LogP contribution in [-0.2, 0) is 14.3 Å². The molecule has 7 heteroatoms. The zero-order valence-corrected chi connectivity index (χ0v) is 20.6. The van der Waals surface area contributed by atoms with Crippen molar-refractivity contribution in [3.63, 3.8) is 0 Å². The number of carbonyl (C=O) groups excluding carboxylic acids is 2. The molecule has 184 valence electrons. The van der Waals surface area contributed by atoms with Crippen LogP contribution >= 0.6 is 0 Å². The Bertz CT molecular complexity index is 1150. The van der Waals surface area contributed by atoms with Crippen molar-refractivity contribution in [1.29, 1.82) is 0 Å². The number of benzene rings is 1. The van der Waals surface area contributed by atoms with Crippen LogP contribution in [-0.4, -0.2) is 35.7 Å². The number of para-hydroxylation sites is 1. The Labute approximate surface area is 207 Å². The number of nitrogens with zero attached hydrogens (tertiary/aromatic N) is 1. The number of carbonyl (C=O) groups is 2. The summed E-state index contributed by atoms with van der Waals surface area (Å²) in [5.41, 5.74) is 13.7. The standard InChI is InChI=1S/C28H34N4O3/c1-27(2,3)35-26(34)14-12-21-7-4-5-9-23(21)30-19-32-18-28-16-15-20(11-13-25(29)33)17-22(28)8-6-10-24(28)31-32/h4-10,12,14-15,17,30-31H,11,13,16,18-19H2,1-3H3,(H2,29,33)/b14-12+. The predicted molar refractivity (Wildman–Crippen MR) is 139 cm³/mol. The predicted octanol–water partition coefficient (Wildman–Crippen LogP) is 4.19. The molecule has 4 N–H and O–H groups in total. The van der Waals surface area contributed by atoms with Gasteiger partial charge in [-0.25, -0.2) is 9.80 Å². The number of hydrazine groups is 1. The van der Waals surface area contributed by atoms with Crippen molar-refractivity contribution in [2.24, 2.45) is 11.1 Å². The largest absolute Gasteiger partial charge is 0.457 e. The maximum absolute atomic E-state index is 12.1. The lowest BCUT2D eigenvalue weighted by Crippen LogP contribution is -2.36. The number of hydrogen-bond acceptors (Lipinski definition) is 6. The van der Waals surface area contributed by atoms with Crippen LogP contribution in [0.3, 0.4) is 0 Å². The van der Waals surface area contributed by atoms with Crippen LogP contribution in [0.5, 0.6) is 0 Å². The molecule has 35 heavy (non-hydrogen) atoms. The molecule has 1 atom stereocenters. The van der Waals surface area contributed by atoms with E-state index in [2.05, 4.69) is 46.1 Å². The van der Waals surface area contributed by atoms with Gasteiger partial charge in [-0.3, -0.25) is 4.79 Å². The van der Waals surface area contributed by atoms with Gasteiger partial charge in [0.2, 0.25) is 5.91 Å². The molecule has 0 saturated carbocycles. The van der Waals surface area contributed by atoms with Crippen LogP contribution in [0.15, 0.2) is 77.6 Å². The lowest BCUT2D eigenvalue weighted by Gasteiger charge is -2.34. The zero-order chi connectivity index (χ0) is 25.1. The molecule has 0 radical (unpaired) electrons. The molecule has 1 saturated heterocycles. The first-order valence-electron chi connectivity index (χ1n) is 12.0. The molecular formula is C28H34N4O3. The minimum absolute atomic E-state index is 0.108. The van der Waals surface area contributed by atoms with Crippen LogP contribution in [0.2, 0.25) is 0 Å². The van der Waals surface area contributed by atoms with E-state index in [1.165, 1.54) is 17.3 Å². The highest BCUT2D eigenvalue weighted by molar-refractivity contribution is 5.88. The number of primary amides is 1. The molecule has 2 aliphatic carbocycles. The van der Waals surface area contributed by atoms with Gasteiger partial charge >= 0.3 is 5.97 Å². The Morgan fingerprint density at radius 1 is 1.29 bits per heavy atom. The van der Waals surface area contributed by atoms with E-state index < -0.39 is 5.60 Å². The average molecular weight is 475 g/mol. The van der Waals surface area contributed by atoms with Crippen LogP contribution < -0.4 is 16.5 Å². The summed E-state index contributed by atoms with van der Waals surface area (Å²) in [4.78, 5) is 23.3. The van der Waals surface area contributed by atoms with Crippen LogP contribution in [0.25, 0.3) is 6.08 Å². The second-order valence-electron chi connectivity index (χ2n) is 10.2. The Balaban J connectivity index is 1.41. The number of allylic oxidation sites excluding steroid dienone is 6. The summed E-state index contributed by atoms with van der Waals surface area (Å²) in [6, 6.07) is 7.87. The highest BCUT2D eigenvalue weighted by atomic mass is 16.6. The molecule has 1 aromatic carbocycles. The molecule has 4 rings (SSSR count). The number of amides is 1. The molecule has 1 spiro atoms. The van der Waals surface area contributed by atoms with Gasteiger partial charge in [0.25, 0.3) is 0 Å². The number of nitrogens with one attached hydrogen (secondary N) is 2. The molecule has 1 fully saturated rings. The fraction of sp³-hybridized carbons (Fsp3) is 0.357. The first-order valence-corrected chi connectivity index (χ1v) is 12.0. The highest BCUT2D eigenvalue weighted by Gasteiger charge is 2.46. The van der Waals surface area contributed by atoms with Crippen LogP contribution in [0, 0.1) is 5.41 Å². The Morgan fingerprint density at radius 3 is 2.86 bits per heavy atom. The number of rotatable bonds is 8. The van der Waals surface area contributed by atoms with E-state index >= 15 is 0 Å². The van der Waals surface area contributed by atoms with Gasteiger partial charge in [-0.05, 0) is 63.0 Å². The first-order chi connectivity index (χ1) is 16.6. The quantitative estimate of drug-likeness (QED) is 0.386. The minimum Gasteiger partial charge on any atom is -0.457 e. The average Bonchev–Trinajstić information content (AvgIpc) is 3.17. The van der Waals surface area contributed by atoms with Crippen molar-refractivity contribution in [2.75, 3.05) is 18.5 Å². The minimum atomic E-state index is -0.523. The van der Waals surface area contributed by atoms with Crippen molar-refractivity contribution < 1.29 is 14.3 Å². The lowest BCUT2D eigenvalue weighted by molar-refractivity contribution is -0.148. The third-order valence-corrected chi connectivity index (χ3v) is 6.29. The second kappa shape index (κ2) is 9.96. The van der Waals surface area contributed by atoms with Crippen molar-refractivity contribution in [3.05, 3.63) is 83.1 Å². The third-order valence-electron chi connectivity index (χ3n) is 6.29. The highest BCUT2D eigenvalue weighted by Crippen LogP contribution is 2.48. The van der Waals surface area contributed by atoms with Crippen molar-refractivity contribution in [2.45, 2.75) is 45.6 Å². The fourth-order valence-electron chi connectivity index (χ4n) is 4.64. The lowest BCUT2D eigenvalue weighted by atomic mass is 9.69. The maximum Gasteiger partial charge on any atom is 0.331 e. The van der Waals surface area contributed by atoms with Crippen LogP contribution in [0.4, 0.5) is 5.69 Å². The fourth-order valence-corrected chi connectivity index (χ4v) is 4.64. The Kier molecular flexibility index (Phi) is 6.98. The maximum atomic E-state index is 12.1. The molecule has 1 aromatic rings. The van der Waals surface area contributed by atoms with Gasteiger partial charge in [-0.15, -0.1) is 0 Å². The number of anilines is 1. The first kappa shape index (κ1) is 24.5. The number of hydrogen-bond donors (Lipinski definition) is 3. The summed E-state index contributed by atoms with van der Waals surface area (Å²) in [5.74, 6) is -0.638. The van der Waals surface area contributed by atoms with Gasteiger partial charge in [0.05, 0.1) is 12.1 Å². The molecular weight excluding hydrogens is 440 g/mol. The van der Waals surface area contributed by atoms with E-state index in [0.717, 1.165) is 29.8 Å². The summed E-state index contributed by atoms with van der Waals surface area (Å²) < 4.78 is 5.37. The van der Waals surface area contributed by atoms with Crippen molar-refractivity contribution in [1.82, 2.24) is 10.4 Å². The molecule has 0 bridgehead atoms. The summed E-state index contributed by atoms with van der Waals surface area (Å²) in [6.45, 7) is 6.96. The van der Waals surface area contributed by atoms with Crippen LogP contribution in [0.1, 0.15) is 45.6 Å². The van der Waals surface area contributed by atoms with E-state index in [1.54, 1.807) is 6.08 Å². The summed E-state index contributed by atoms with van der Waals surface area (Å²) in [7, 11) is 0. The third kappa shape index (κ3) is 5.92. The van der Waals surface area contributed by atoms with Gasteiger partial charge in [-0.2, -0.15) is 0 Å². The van der Waals surface area contributed by atoms with Gasteiger partial charge in [-0.1, -0.05) is 48.1 Å². The normalized spacial score (nSPS) is 21.4. The SMILES string of the molecule is CC(C)(C)OC(=O)/C=C/c1ccccc1NCN1CC23CC=C(CCC(N)=O)C=C2C=CC=C3N1. The van der Waals surface area contributed by atoms with E-state index in [1.807, 2.05) is 45.0 Å². The van der Waals surface area contributed by atoms with Gasteiger partial charge in [0.1, 0.15) is 5.60 Å². The summed E-state index contributed by atoms with van der Waals surface area (Å²) in [6.07, 6.45) is 16.0. The second-order valence-corrected chi connectivity index (χ2v) is 10.2. The van der Waals surface area contributed by atoms with Gasteiger partial charge < -0.3 is 21.2 Å². The van der Waals surface area contributed by atoms with E-state index in [9.17, 15) is 9.59 Å². The Morgan fingerprint density at radius 2 is 2.09 bits per heavy atom. The molecule has 1 unspecified atom stereocenters. The van der Waals surface area contributed by atoms with E-state index in [-0.39, 0.29) is 17.3 Å². The monoisotopic (exact) mass is 474 g/mol.